The van der Waals surface area contributed by atoms with E-state index in [4.69, 9.17) is 14.2 Å². The molecule has 1 fully saturated rings. The molecular formula is C25H27N3O4. The van der Waals surface area contributed by atoms with Crippen LogP contribution in [0, 0.1) is 0 Å². The second kappa shape index (κ2) is 10.7. The quantitative estimate of drug-likeness (QED) is 0.583. The lowest BCUT2D eigenvalue weighted by molar-refractivity contribution is 0.0342. The van der Waals surface area contributed by atoms with Gasteiger partial charge in [0, 0.05) is 54.9 Å². The van der Waals surface area contributed by atoms with E-state index in [1.54, 1.807) is 37.7 Å². The van der Waals surface area contributed by atoms with Crippen molar-refractivity contribution in [2.45, 2.75) is 13.2 Å². The summed E-state index contributed by atoms with van der Waals surface area (Å²) in [6.07, 6.45) is 3.47. The Morgan fingerprint density at radius 1 is 1.06 bits per heavy atom. The SMILES string of the molecule is COc1ccc(NC(=O)c2cccc(CN3CCOCC3)c2)cc1OCc1cccnc1. The minimum Gasteiger partial charge on any atom is -0.493 e. The van der Waals surface area contributed by atoms with Crippen LogP contribution >= 0.6 is 0 Å². The third-order valence-electron chi connectivity index (χ3n) is 5.24. The highest BCUT2D eigenvalue weighted by molar-refractivity contribution is 6.04. The molecule has 1 amide bonds. The number of methoxy groups -OCH3 is 1. The number of amides is 1. The molecule has 1 aromatic heterocycles. The number of aromatic nitrogens is 1. The first-order valence-corrected chi connectivity index (χ1v) is 10.6. The molecule has 2 heterocycles. The van der Waals surface area contributed by atoms with E-state index in [1.165, 1.54) is 0 Å². The van der Waals surface area contributed by atoms with Gasteiger partial charge >= 0.3 is 0 Å². The molecule has 1 aliphatic heterocycles. The summed E-state index contributed by atoms with van der Waals surface area (Å²) in [6.45, 7) is 4.48. The molecule has 166 valence electrons. The zero-order chi connectivity index (χ0) is 22.2. The molecule has 1 N–H and O–H groups in total. The van der Waals surface area contributed by atoms with E-state index in [9.17, 15) is 4.79 Å². The fourth-order valence-electron chi connectivity index (χ4n) is 3.54. The monoisotopic (exact) mass is 433 g/mol. The molecule has 4 rings (SSSR count). The lowest BCUT2D eigenvalue weighted by atomic mass is 10.1. The van der Waals surface area contributed by atoms with Gasteiger partial charge in [-0.15, -0.1) is 0 Å². The summed E-state index contributed by atoms with van der Waals surface area (Å²) in [5, 5.41) is 2.96. The number of carbonyl (C=O) groups is 1. The van der Waals surface area contributed by atoms with Crippen LogP contribution in [0.4, 0.5) is 5.69 Å². The topological polar surface area (TPSA) is 72.9 Å². The van der Waals surface area contributed by atoms with Crippen LogP contribution in [0.2, 0.25) is 0 Å². The van der Waals surface area contributed by atoms with Gasteiger partial charge in [0.15, 0.2) is 11.5 Å². The lowest BCUT2D eigenvalue weighted by Gasteiger charge is -2.26. The van der Waals surface area contributed by atoms with Crippen molar-refractivity contribution in [2.75, 3.05) is 38.7 Å². The molecule has 0 bridgehead atoms. The van der Waals surface area contributed by atoms with Gasteiger partial charge in [-0.05, 0) is 35.9 Å². The molecule has 1 aliphatic rings. The maximum atomic E-state index is 12.9. The molecule has 0 spiro atoms. The minimum absolute atomic E-state index is 0.169. The number of hydrogen-bond acceptors (Lipinski definition) is 6. The molecule has 0 aliphatic carbocycles. The van der Waals surface area contributed by atoms with Crippen LogP contribution in [-0.2, 0) is 17.9 Å². The van der Waals surface area contributed by atoms with Crippen molar-refractivity contribution in [1.82, 2.24) is 9.88 Å². The zero-order valence-electron chi connectivity index (χ0n) is 18.1. The van der Waals surface area contributed by atoms with Crippen LogP contribution in [0.5, 0.6) is 11.5 Å². The second-order valence-electron chi connectivity index (χ2n) is 7.56. The van der Waals surface area contributed by atoms with Gasteiger partial charge in [0.25, 0.3) is 5.91 Å². The largest absolute Gasteiger partial charge is 0.493 e. The van der Waals surface area contributed by atoms with E-state index in [-0.39, 0.29) is 5.91 Å². The zero-order valence-corrected chi connectivity index (χ0v) is 18.1. The molecule has 3 aromatic rings. The van der Waals surface area contributed by atoms with Gasteiger partial charge in [-0.25, -0.2) is 0 Å². The maximum Gasteiger partial charge on any atom is 0.255 e. The summed E-state index contributed by atoms with van der Waals surface area (Å²) >= 11 is 0. The standard InChI is InChI=1S/C25H27N3O4/c1-30-23-8-7-22(15-24(23)32-18-20-5-3-9-26-16-20)27-25(29)21-6-2-4-19(14-21)17-28-10-12-31-13-11-28/h2-9,14-16H,10-13,17-18H2,1H3,(H,27,29). The number of pyridine rings is 1. The average Bonchev–Trinajstić information content (AvgIpc) is 2.84. The highest BCUT2D eigenvalue weighted by atomic mass is 16.5. The maximum absolute atomic E-state index is 12.9. The van der Waals surface area contributed by atoms with E-state index in [0.717, 1.165) is 44.0 Å². The van der Waals surface area contributed by atoms with Crippen LogP contribution < -0.4 is 14.8 Å². The van der Waals surface area contributed by atoms with E-state index < -0.39 is 0 Å². The fraction of sp³-hybridized carbons (Fsp3) is 0.280. The first kappa shape index (κ1) is 21.8. The summed E-state index contributed by atoms with van der Waals surface area (Å²) in [5.41, 5.74) is 3.30. The summed E-state index contributed by atoms with van der Waals surface area (Å²) in [7, 11) is 1.59. The fourth-order valence-corrected chi connectivity index (χ4v) is 3.54. The number of nitrogens with zero attached hydrogens (tertiary/aromatic N) is 2. The third-order valence-corrected chi connectivity index (χ3v) is 5.24. The lowest BCUT2D eigenvalue weighted by Crippen LogP contribution is -2.35. The summed E-state index contributed by atoms with van der Waals surface area (Å²) in [5.74, 6) is 0.979. The number of anilines is 1. The summed E-state index contributed by atoms with van der Waals surface area (Å²) < 4.78 is 16.7. The number of rotatable bonds is 8. The Balaban J connectivity index is 1.42. The van der Waals surface area contributed by atoms with Crippen molar-refractivity contribution >= 4 is 11.6 Å². The van der Waals surface area contributed by atoms with Crippen molar-refractivity contribution in [3.05, 3.63) is 83.7 Å². The van der Waals surface area contributed by atoms with Gasteiger partial charge < -0.3 is 19.5 Å². The first-order valence-electron chi connectivity index (χ1n) is 10.6. The molecule has 1 saturated heterocycles. The van der Waals surface area contributed by atoms with Crippen molar-refractivity contribution in [3.63, 3.8) is 0 Å². The van der Waals surface area contributed by atoms with E-state index >= 15 is 0 Å². The number of carbonyl (C=O) groups excluding carboxylic acids is 1. The van der Waals surface area contributed by atoms with Crippen LogP contribution in [0.3, 0.4) is 0 Å². The predicted molar refractivity (Wildman–Crippen MR) is 122 cm³/mol. The Kier molecular flexibility index (Phi) is 7.32. The normalized spacial score (nSPS) is 14.0. The van der Waals surface area contributed by atoms with Gasteiger partial charge in [-0.1, -0.05) is 18.2 Å². The van der Waals surface area contributed by atoms with Crippen molar-refractivity contribution in [3.8, 4) is 11.5 Å². The van der Waals surface area contributed by atoms with Gasteiger partial charge in [-0.3, -0.25) is 14.7 Å². The predicted octanol–water partition coefficient (Wildman–Crippen LogP) is 3.75. The number of hydrogen-bond donors (Lipinski definition) is 1. The number of nitrogens with one attached hydrogen (secondary N) is 1. The molecule has 7 heteroatoms. The second-order valence-corrected chi connectivity index (χ2v) is 7.56. The van der Waals surface area contributed by atoms with Crippen LogP contribution in [0.1, 0.15) is 21.5 Å². The summed E-state index contributed by atoms with van der Waals surface area (Å²) in [4.78, 5) is 19.3. The Bertz CT molecular complexity index is 1040. The Morgan fingerprint density at radius 2 is 1.91 bits per heavy atom. The van der Waals surface area contributed by atoms with Gasteiger partial charge in [-0.2, -0.15) is 0 Å². The Hall–Kier alpha value is -3.42. The molecule has 0 unspecified atom stereocenters. The molecule has 0 saturated carbocycles. The molecule has 0 radical (unpaired) electrons. The van der Waals surface area contributed by atoms with Crippen molar-refractivity contribution < 1.29 is 19.0 Å². The highest BCUT2D eigenvalue weighted by Gasteiger charge is 2.13. The highest BCUT2D eigenvalue weighted by Crippen LogP contribution is 2.31. The van der Waals surface area contributed by atoms with Crippen molar-refractivity contribution in [1.29, 1.82) is 0 Å². The first-order chi connectivity index (χ1) is 15.7. The average molecular weight is 434 g/mol. The molecule has 0 atom stereocenters. The molecule has 32 heavy (non-hydrogen) atoms. The number of benzene rings is 2. The number of morpholine rings is 1. The Labute approximate surface area is 187 Å². The van der Waals surface area contributed by atoms with Crippen LogP contribution in [0.25, 0.3) is 0 Å². The number of ether oxygens (including phenoxy) is 3. The van der Waals surface area contributed by atoms with E-state index in [1.807, 2.05) is 36.4 Å². The van der Waals surface area contributed by atoms with Crippen LogP contribution in [-0.4, -0.2) is 49.2 Å². The van der Waals surface area contributed by atoms with E-state index in [2.05, 4.69) is 15.2 Å². The summed E-state index contributed by atoms with van der Waals surface area (Å²) in [6, 6.07) is 16.9. The molecule has 7 nitrogen and oxygen atoms in total. The minimum atomic E-state index is -0.169. The third kappa shape index (κ3) is 5.84. The molecular weight excluding hydrogens is 406 g/mol. The van der Waals surface area contributed by atoms with Crippen LogP contribution in [0.15, 0.2) is 67.0 Å². The Morgan fingerprint density at radius 3 is 2.69 bits per heavy atom. The van der Waals surface area contributed by atoms with Gasteiger partial charge in [0.2, 0.25) is 0 Å². The van der Waals surface area contributed by atoms with Crippen molar-refractivity contribution in [2.24, 2.45) is 0 Å². The smallest absolute Gasteiger partial charge is 0.255 e. The van der Waals surface area contributed by atoms with E-state index in [0.29, 0.717) is 29.4 Å². The molecule has 2 aromatic carbocycles. The van der Waals surface area contributed by atoms with Gasteiger partial charge in [0.05, 0.1) is 20.3 Å². The van der Waals surface area contributed by atoms with Gasteiger partial charge in [0.1, 0.15) is 6.61 Å².